The lowest BCUT2D eigenvalue weighted by Gasteiger charge is -2.17. The number of aliphatic carboxylic acids is 1. The molecule has 1 aromatic rings. The van der Waals surface area contributed by atoms with E-state index in [4.69, 9.17) is 21.4 Å². The van der Waals surface area contributed by atoms with E-state index in [2.05, 4.69) is 5.32 Å². The molecule has 0 aliphatic heterocycles. The first kappa shape index (κ1) is 13.6. The number of anilines is 1. The van der Waals surface area contributed by atoms with Gasteiger partial charge in [-0.2, -0.15) is 0 Å². The van der Waals surface area contributed by atoms with E-state index in [9.17, 15) is 4.79 Å². The Labute approximate surface area is 106 Å². The van der Waals surface area contributed by atoms with E-state index in [0.29, 0.717) is 22.9 Å². The second-order valence-electron chi connectivity index (χ2n) is 3.67. The van der Waals surface area contributed by atoms with E-state index in [-0.39, 0.29) is 0 Å². The third-order valence-electron chi connectivity index (χ3n) is 2.37. The van der Waals surface area contributed by atoms with Gasteiger partial charge in [0.05, 0.1) is 12.8 Å². The van der Waals surface area contributed by atoms with Crippen molar-refractivity contribution in [2.75, 3.05) is 12.4 Å². The number of ether oxygens (including phenoxy) is 1. The summed E-state index contributed by atoms with van der Waals surface area (Å²) in [5.41, 5.74) is 0.598. The minimum absolute atomic E-state index is 0.536. The third-order valence-corrected chi connectivity index (χ3v) is 2.60. The van der Waals surface area contributed by atoms with Gasteiger partial charge in [-0.3, -0.25) is 0 Å². The number of carboxylic acids is 1. The highest BCUT2D eigenvalue weighted by Crippen LogP contribution is 2.28. The first-order valence-corrected chi connectivity index (χ1v) is 5.79. The van der Waals surface area contributed by atoms with E-state index < -0.39 is 12.0 Å². The highest BCUT2D eigenvalue weighted by atomic mass is 35.5. The number of benzene rings is 1. The molecule has 1 aromatic carbocycles. The molecular weight excluding hydrogens is 242 g/mol. The highest BCUT2D eigenvalue weighted by Gasteiger charge is 2.17. The van der Waals surface area contributed by atoms with Crippen molar-refractivity contribution in [3.8, 4) is 5.75 Å². The topological polar surface area (TPSA) is 58.6 Å². The maximum absolute atomic E-state index is 11.0. The quantitative estimate of drug-likeness (QED) is 0.823. The number of carbonyl (C=O) groups is 1. The van der Waals surface area contributed by atoms with E-state index >= 15 is 0 Å². The van der Waals surface area contributed by atoms with Crippen molar-refractivity contribution in [1.29, 1.82) is 0 Å². The minimum atomic E-state index is -0.881. The van der Waals surface area contributed by atoms with Crippen LogP contribution in [-0.4, -0.2) is 24.2 Å². The number of nitrogens with one attached hydrogen (secondary N) is 1. The van der Waals surface area contributed by atoms with Gasteiger partial charge >= 0.3 is 5.97 Å². The summed E-state index contributed by atoms with van der Waals surface area (Å²) in [5.74, 6) is -0.300. The van der Waals surface area contributed by atoms with Crippen molar-refractivity contribution < 1.29 is 14.6 Å². The van der Waals surface area contributed by atoms with Crippen LogP contribution in [0.5, 0.6) is 5.75 Å². The molecule has 0 fully saturated rings. The summed E-state index contributed by atoms with van der Waals surface area (Å²) in [6.45, 7) is 1.94. The molecular formula is C12H16ClNO3. The van der Waals surface area contributed by atoms with E-state index in [0.717, 1.165) is 6.42 Å². The lowest BCUT2D eigenvalue weighted by atomic mass is 10.1. The van der Waals surface area contributed by atoms with Crippen LogP contribution in [0.2, 0.25) is 5.02 Å². The van der Waals surface area contributed by atoms with Gasteiger partial charge in [0.1, 0.15) is 11.8 Å². The zero-order valence-corrected chi connectivity index (χ0v) is 10.6. The molecule has 4 nitrogen and oxygen atoms in total. The van der Waals surface area contributed by atoms with Crippen molar-refractivity contribution in [2.24, 2.45) is 0 Å². The first-order valence-electron chi connectivity index (χ1n) is 5.41. The van der Waals surface area contributed by atoms with Gasteiger partial charge in [-0.05, 0) is 24.6 Å². The molecule has 0 amide bonds. The van der Waals surface area contributed by atoms with E-state index in [1.54, 1.807) is 18.2 Å². The number of hydrogen-bond donors (Lipinski definition) is 2. The van der Waals surface area contributed by atoms with Crippen molar-refractivity contribution in [1.82, 2.24) is 0 Å². The number of rotatable bonds is 6. The Morgan fingerprint density at radius 2 is 2.29 bits per heavy atom. The van der Waals surface area contributed by atoms with Crippen LogP contribution >= 0.6 is 11.6 Å². The third kappa shape index (κ3) is 3.82. The largest absolute Gasteiger partial charge is 0.495 e. The normalized spacial score (nSPS) is 11.9. The first-order chi connectivity index (χ1) is 8.08. The molecule has 1 unspecified atom stereocenters. The maximum Gasteiger partial charge on any atom is 0.326 e. The lowest BCUT2D eigenvalue weighted by Crippen LogP contribution is -2.29. The average Bonchev–Trinajstić information content (AvgIpc) is 2.28. The Kier molecular flexibility index (Phi) is 5.10. The number of carboxylic acid groups (broad SMARTS) is 1. The molecule has 2 N–H and O–H groups in total. The Balaban J connectivity index is 2.91. The van der Waals surface area contributed by atoms with Gasteiger partial charge < -0.3 is 15.2 Å². The molecule has 0 bridgehead atoms. The van der Waals surface area contributed by atoms with Crippen LogP contribution in [-0.2, 0) is 4.79 Å². The predicted molar refractivity (Wildman–Crippen MR) is 68.0 cm³/mol. The molecule has 0 saturated carbocycles. The smallest absolute Gasteiger partial charge is 0.326 e. The van der Waals surface area contributed by atoms with Crippen LogP contribution in [0.4, 0.5) is 5.69 Å². The molecule has 94 valence electrons. The lowest BCUT2D eigenvalue weighted by molar-refractivity contribution is -0.138. The fraction of sp³-hybridized carbons (Fsp3) is 0.417. The second-order valence-corrected chi connectivity index (χ2v) is 4.10. The predicted octanol–water partition coefficient (Wildman–Crippen LogP) is 3.01. The van der Waals surface area contributed by atoms with Gasteiger partial charge in [-0.15, -0.1) is 0 Å². The van der Waals surface area contributed by atoms with Gasteiger partial charge in [-0.25, -0.2) is 4.79 Å². The molecule has 17 heavy (non-hydrogen) atoms. The molecule has 0 saturated heterocycles. The zero-order valence-electron chi connectivity index (χ0n) is 9.87. The molecule has 1 rings (SSSR count). The van der Waals surface area contributed by atoms with Crippen molar-refractivity contribution in [2.45, 2.75) is 25.8 Å². The van der Waals surface area contributed by atoms with Crippen LogP contribution in [0.25, 0.3) is 0 Å². The molecule has 0 heterocycles. The fourth-order valence-electron chi connectivity index (χ4n) is 1.53. The second kappa shape index (κ2) is 6.35. The van der Waals surface area contributed by atoms with Crippen molar-refractivity contribution in [3.05, 3.63) is 23.2 Å². The number of hydrogen-bond acceptors (Lipinski definition) is 3. The molecule has 0 aliphatic carbocycles. The maximum atomic E-state index is 11.0. The zero-order chi connectivity index (χ0) is 12.8. The molecule has 0 aromatic heterocycles. The summed E-state index contributed by atoms with van der Waals surface area (Å²) < 4.78 is 5.15. The van der Waals surface area contributed by atoms with Crippen molar-refractivity contribution >= 4 is 23.3 Å². The van der Waals surface area contributed by atoms with Crippen LogP contribution in [0, 0.1) is 0 Å². The molecule has 0 spiro atoms. The number of methoxy groups -OCH3 is 1. The van der Waals surface area contributed by atoms with Gasteiger partial charge in [0.2, 0.25) is 0 Å². The van der Waals surface area contributed by atoms with Crippen LogP contribution in [0.3, 0.4) is 0 Å². The highest BCUT2D eigenvalue weighted by molar-refractivity contribution is 6.30. The van der Waals surface area contributed by atoms with Crippen LogP contribution in [0.15, 0.2) is 18.2 Å². The fourth-order valence-corrected chi connectivity index (χ4v) is 1.70. The van der Waals surface area contributed by atoms with Crippen LogP contribution in [0.1, 0.15) is 19.8 Å². The summed E-state index contributed by atoms with van der Waals surface area (Å²) >= 11 is 5.87. The molecule has 5 heteroatoms. The van der Waals surface area contributed by atoms with Gasteiger partial charge in [-0.1, -0.05) is 24.9 Å². The molecule has 0 aliphatic rings. The average molecular weight is 258 g/mol. The van der Waals surface area contributed by atoms with Gasteiger partial charge in [0.15, 0.2) is 0 Å². The summed E-state index contributed by atoms with van der Waals surface area (Å²) in [7, 11) is 1.53. The molecule has 0 radical (unpaired) electrons. The van der Waals surface area contributed by atoms with E-state index in [1.165, 1.54) is 7.11 Å². The summed E-state index contributed by atoms with van der Waals surface area (Å²) in [6.07, 6.45) is 1.33. The summed E-state index contributed by atoms with van der Waals surface area (Å²) in [6, 6.07) is 4.43. The van der Waals surface area contributed by atoms with Gasteiger partial charge in [0.25, 0.3) is 0 Å². The number of halogens is 1. The SMILES string of the molecule is CCCC(Nc1cc(Cl)ccc1OC)C(=O)O. The van der Waals surface area contributed by atoms with Crippen molar-refractivity contribution in [3.63, 3.8) is 0 Å². The Hall–Kier alpha value is -1.42. The van der Waals surface area contributed by atoms with Gasteiger partial charge in [0, 0.05) is 5.02 Å². The summed E-state index contributed by atoms with van der Waals surface area (Å²) in [5, 5.41) is 12.5. The molecule has 1 atom stereocenters. The Bertz CT molecular complexity index is 395. The monoisotopic (exact) mass is 257 g/mol. The van der Waals surface area contributed by atoms with Crippen LogP contribution < -0.4 is 10.1 Å². The summed E-state index contributed by atoms with van der Waals surface area (Å²) in [4.78, 5) is 11.0. The Morgan fingerprint density at radius 3 is 2.82 bits per heavy atom. The standard InChI is InChI=1S/C12H16ClNO3/c1-3-4-9(12(15)16)14-10-7-8(13)5-6-11(10)17-2/h5-7,9,14H,3-4H2,1-2H3,(H,15,16). The van der Waals surface area contributed by atoms with E-state index in [1.807, 2.05) is 6.92 Å². The minimum Gasteiger partial charge on any atom is -0.495 e. The Morgan fingerprint density at radius 1 is 1.59 bits per heavy atom.